The van der Waals surface area contributed by atoms with Crippen molar-refractivity contribution in [3.05, 3.63) is 65.2 Å². The maximum Gasteiger partial charge on any atom is 0.271 e. The average Bonchev–Trinajstić information content (AvgIpc) is 3.44. The Morgan fingerprint density at radius 3 is 2.73 bits per heavy atom. The normalized spacial score (nSPS) is 16.4. The number of thiazole rings is 1. The third-order valence-corrected chi connectivity index (χ3v) is 6.12. The number of hydrogen-bond donors (Lipinski definition) is 1. The zero-order valence-corrected chi connectivity index (χ0v) is 17.9. The highest BCUT2D eigenvalue weighted by Gasteiger charge is 2.25. The largest absolute Gasteiger partial charge is 0.493 e. The van der Waals surface area contributed by atoms with Gasteiger partial charge in [-0.15, -0.1) is 11.3 Å². The van der Waals surface area contributed by atoms with Crippen LogP contribution in [-0.4, -0.2) is 49.1 Å². The van der Waals surface area contributed by atoms with E-state index in [1.54, 1.807) is 19.6 Å². The van der Waals surface area contributed by atoms with Gasteiger partial charge in [-0.05, 0) is 30.2 Å². The number of carbonyl (C=O) groups is 1. The molecule has 3 aromatic rings. The van der Waals surface area contributed by atoms with E-state index in [0.29, 0.717) is 17.2 Å². The van der Waals surface area contributed by atoms with E-state index >= 15 is 0 Å². The van der Waals surface area contributed by atoms with Gasteiger partial charge in [0.25, 0.3) is 5.91 Å². The summed E-state index contributed by atoms with van der Waals surface area (Å²) >= 11 is 1.45. The summed E-state index contributed by atoms with van der Waals surface area (Å²) in [6, 6.07) is 16.2. The Balaban J connectivity index is 1.37. The van der Waals surface area contributed by atoms with Gasteiger partial charge in [0.15, 0.2) is 11.5 Å². The number of benzene rings is 2. The van der Waals surface area contributed by atoms with Crippen LogP contribution in [0, 0.1) is 0 Å². The Bertz CT molecular complexity index is 1010. The van der Waals surface area contributed by atoms with Crippen LogP contribution in [0.25, 0.3) is 10.6 Å². The molecular formula is C23H25N3O3S. The van der Waals surface area contributed by atoms with E-state index in [0.717, 1.165) is 36.6 Å². The van der Waals surface area contributed by atoms with Gasteiger partial charge < -0.3 is 14.8 Å². The highest BCUT2D eigenvalue weighted by atomic mass is 32.1. The molecule has 0 aliphatic carbocycles. The van der Waals surface area contributed by atoms with Gasteiger partial charge >= 0.3 is 0 Å². The van der Waals surface area contributed by atoms with Crippen molar-refractivity contribution in [2.24, 2.45) is 0 Å². The quantitative estimate of drug-likeness (QED) is 0.626. The zero-order chi connectivity index (χ0) is 20.9. The Labute approximate surface area is 180 Å². The second-order valence-corrected chi connectivity index (χ2v) is 8.15. The number of carbonyl (C=O) groups excluding carboxylic acids is 1. The molecule has 0 unspecified atom stereocenters. The summed E-state index contributed by atoms with van der Waals surface area (Å²) in [5, 5.41) is 5.72. The van der Waals surface area contributed by atoms with E-state index < -0.39 is 0 Å². The second-order valence-electron chi connectivity index (χ2n) is 7.29. The van der Waals surface area contributed by atoms with E-state index in [9.17, 15) is 4.79 Å². The van der Waals surface area contributed by atoms with Crippen molar-refractivity contribution in [1.82, 2.24) is 15.2 Å². The number of methoxy groups -OCH3 is 2. The maximum atomic E-state index is 12.7. The van der Waals surface area contributed by atoms with Crippen molar-refractivity contribution >= 4 is 17.2 Å². The Hall–Kier alpha value is -2.90. The van der Waals surface area contributed by atoms with Gasteiger partial charge in [-0.3, -0.25) is 9.69 Å². The average molecular weight is 424 g/mol. The standard InChI is InChI=1S/C23H25N3O3S/c1-28-20-9-8-17(12-21(20)29-2)23-25-19(15-30-23)22(27)24-18-10-11-26(14-18)13-16-6-4-3-5-7-16/h3-9,12,15,18H,10-11,13-14H2,1-2H3,(H,24,27)/t18-/m1/s1. The minimum Gasteiger partial charge on any atom is -0.493 e. The molecule has 1 saturated heterocycles. The molecule has 7 heteroatoms. The van der Waals surface area contributed by atoms with Gasteiger partial charge in [0, 0.05) is 36.6 Å². The number of aromatic nitrogens is 1. The van der Waals surface area contributed by atoms with Crippen molar-refractivity contribution in [2.45, 2.75) is 19.0 Å². The molecule has 1 aliphatic heterocycles. The summed E-state index contributed by atoms with van der Waals surface area (Å²) in [6.45, 7) is 2.74. The van der Waals surface area contributed by atoms with Crippen molar-refractivity contribution < 1.29 is 14.3 Å². The second kappa shape index (κ2) is 9.28. The van der Waals surface area contributed by atoms with Crippen LogP contribution >= 0.6 is 11.3 Å². The summed E-state index contributed by atoms with van der Waals surface area (Å²) in [5.74, 6) is 1.18. The molecule has 0 saturated carbocycles. The molecule has 2 aromatic carbocycles. The predicted molar refractivity (Wildman–Crippen MR) is 118 cm³/mol. The number of nitrogens with one attached hydrogen (secondary N) is 1. The van der Waals surface area contributed by atoms with Crippen molar-refractivity contribution in [1.29, 1.82) is 0 Å². The Kier molecular flexibility index (Phi) is 6.30. The van der Waals surface area contributed by atoms with E-state index in [4.69, 9.17) is 9.47 Å². The van der Waals surface area contributed by atoms with Crippen molar-refractivity contribution in [3.8, 4) is 22.1 Å². The fourth-order valence-electron chi connectivity index (χ4n) is 3.67. The smallest absolute Gasteiger partial charge is 0.271 e. The third kappa shape index (κ3) is 4.63. The lowest BCUT2D eigenvalue weighted by atomic mass is 10.2. The maximum absolute atomic E-state index is 12.7. The lowest BCUT2D eigenvalue weighted by Crippen LogP contribution is -2.37. The Morgan fingerprint density at radius 1 is 1.17 bits per heavy atom. The summed E-state index contributed by atoms with van der Waals surface area (Å²) < 4.78 is 10.6. The molecule has 6 nitrogen and oxygen atoms in total. The summed E-state index contributed by atoms with van der Waals surface area (Å²) in [5.41, 5.74) is 2.64. The van der Waals surface area contributed by atoms with Crippen LogP contribution in [0.4, 0.5) is 0 Å². The first-order valence-electron chi connectivity index (χ1n) is 9.91. The van der Waals surface area contributed by atoms with Crippen LogP contribution in [0.1, 0.15) is 22.5 Å². The molecule has 0 bridgehead atoms. The first kappa shape index (κ1) is 20.4. The monoisotopic (exact) mass is 423 g/mol. The molecule has 1 fully saturated rings. The minimum absolute atomic E-state index is 0.121. The molecule has 1 aromatic heterocycles. The third-order valence-electron chi connectivity index (χ3n) is 5.22. The summed E-state index contributed by atoms with van der Waals surface area (Å²) in [6.07, 6.45) is 0.950. The number of rotatable bonds is 7. The van der Waals surface area contributed by atoms with Gasteiger partial charge in [-0.25, -0.2) is 4.98 Å². The van der Waals surface area contributed by atoms with Crippen LogP contribution in [0.15, 0.2) is 53.9 Å². The van der Waals surface area contributed by atoms with Crippen LogP contribution < -0.4 is 14.8 Å². The first-order chi connectivity index (χ1) is 14.7. The fraction of sp³-hybridized carbons (Fsp3) is 0.304. The van der Waals surface area contributed by atoms with Gasteiger partial charge in [0.05, 0.1) is 14.2 Å². The molecular weight excluding hydrogens is 398 g/mol. The molecule has 1 atom stereocenters. The number of amides is 1. The summed E-state index contributed by atoms with van der Waals surface area (Å²) in [7, 11) is 3.21. The van der Waals surface area contributed by atoms with Gasteiger partial charge in [0.1, 0.15) is 10.7 Å². The zero-order valence-electron chi connectivity index (χ0n) is 17.1. The van der Waals surface area contributed by atoms with Crippen LogP contribution in [0.3, 0.4) is 0 Å². The van der Waals surface area contributed by atoms with E-state index in [-0.39, 0.29) is 11.9 Å². The lowest BCUT2D eigenvalue weighted by molar-refractivity contribution is 0.0933. The van der Waals surface area contributed by atoms with E-state index in [2.05, 4.69) is 39.5 Å². The summed E-state index contributed by atoms with van der Waals surface area (Å²) in [4.78, 5) is 19.6. The molecule has 1 amide bonds. The first-order valence-corrected chi connectivity index (χ1v) is 10.8. The predicted octanol–water partition coefficient (Wildman–Crippen LogP) is 3.83. The van der Waals surface area contributed by atoms with Crippen LogP contribution in [0.5, 0.6) is 11.5 Å². The molecule has 156 valence electrons. The van der Waals surface area contributed by atoms with E-state index in [1.165, 1.54) is 16.9 Å². The Morgan fingerprint density at radius 2 is 1.97 bits per heavy atom. The highest BCUT2D eigenvalue weighted by Crippen LogP contribution is 2.33. The number of ether oxygens (including phenoxy) is 2. The fourth-order valence-corrected chi connectivity index (χ4v) is 4.47. The van der Waals surface area contributed by atoms with Crippen LogP contribution in [-0.2, 0) is 6.54 Å². The molecule has 1 N–H and O–H groups in total. The van der Waals surface area contributed by atoms with Gasteiger partial charge in [0.2, 0.25) is 0 Å². The molecule has 4 rings (SSSR count). The molecule has 30 heavy (non-hydrogen) atoms. The van der Waals surface area contributed by atoms with E-state index in [1.807, 2.05) is 24.3 Å². The number of hydrogen-bond acceptors (Lipinski definition) is 6. The molecule has 0 spiro atoms. The topological polar surface area (TPSA) is 63.7 Å². The number of nitrogens with zero attached hydrogens (tertiary/aromatic N) is 2. The molecule has 0 radical (unpaired) electrons. The van der Waals surface area contributed by atoms with Gasteiger partial charge in [-0.2, -0.15) is 0 Å². The SMILES string of the molecule is COc1ccc(-c2nc(C(=O)N[C@@H]3CCN(Cc4ccccc4)C3)cs2)cc1OC. The lowest BCUT2D eigenvalue weighted by Gasteiger charge is -2.16. The minimum atomic E-state index is -0.121. The highest BCUT2D eigenvalue weighted by molar-refractivity contribution is 7.13. The molecule has 2 heterocycles. The van der Waals surface area contributed by atoms with Crippen molar-refractivity contribution in [2.75, 3.05) is 27.3 Å². The molecule has 1 aliphatic rings. The van der Waals surface area contributed by atoms with Gasteiger partial charge in [-0.1, -0.05) is 30.3 Å². The van der Waals surface area contributed by atoms with Crippen molar-refractivity contribution in [3.63, 3.8) is 0 Å². The number of likely N-dealkylation sites (tertiary alicyclic amines) is 1. The van der Waals surface area contributed by atoms with Crippen LogP contribution in [0.2, 0.25) is 0 Å².